The molecule has 5 nitrogen and oxygen atoms in total. The number of amides is 1. The average molecular weight is 284 g/mol. The van der Waals surface area contributed by atoms with Crippen LogP contribution in [-0.2, 0) is 19.1 Å². The minimum absolute atomic E-state index is 0.0191. The second-order valence-corrected chi connectivity index (χ2v) is 4.30. The van der Waals surface area contributed by atoms with Crippen molar-refractivity contribution in [3.8, 4) is 0 Å². The molecule has 0 aliphatic heterocycles. The normalized spacial score (nSPS) is 9.79. The van der Waals surface area contributed by atoms with Gasteiger partial charge in [0.25, 0.3) is 5.91 Å². The first-order valence-corrected chi connectivity index (χ1v) is 6.06. The average Bonchev–Trinajstić information content (AvgIpc) is 2.36. The number of ketones is 1. The number of carbonyl (C=O) groups excluding carboxylic acids is 3. The molecular formula is C13H14ClNO4. The van der Waals surface area contributed by atoms with Gasteiger partial charge < -0.3 is 14.8 Å². The van der Waals surface area contributed by atoms with E-state index in [-0.39, 0.29) is 18.6 Å². The highest BCUT2D eigenvalue weighted by Crippen LogP contribution is 2.20. The lowest BCUT2D eigenvalue weighted by Crippen LogP contribution is -2.21. The van der Waals surface area contributed by atoms with E-state index in [1.165, 1.54) is 6.92 Å². The molecule has 0 aromatic heterocycles. The molecule has 19 heavy (non-hydrogen) atoms. The molecule has 1 aromatic carbocycles. The van der Waals surface area contributed by atoms with E-state index in [0.717, 1.165) is 0 Å². The molecule has 1 amide bonds. The van der Waals surface area contributed by atoms with Gasteiger partial charge in [0.2, 0.25) is 0 Å². The first-order valence-electron chi connectivity index (χ1n) is 5.68. The number of hydrogen-bond donors (Lipinski definition) is 1. The molecule has 0 atom stereocenters. The van der Waals surface area contributed by atoms with Crippen molar-refractivity contribution in [3.63, 3.8) is 0 Å². The number of Topliss-reactive ketones (excluding diaryl/α,β-unsaturated/α-hetero) is 1. The molecule has 0 aliphatic rings. The molecule has 1 rings (SSSR count). The van der Waals surface area contributed by atoms with Crippen LogP contribution in [-0.4, -0.2) is 24.3 Å². The third-order valence-electron chi connectivity index (χ3n) is 2.19. The van der Waals surface area contributed by atoms with Gasteiger partial charge >= 0.3 is 5.97 Å². The van der Waals surface area contributed by atoms with Crippen LogP contribution < -0.4 is 5.32 Å². The molecule has 1 aromatic rings. The summed E-state index contributed by atoms with van der Waals surface area (Å²) in [5.41, 5.74) is 0.453. The minimum atomic E-state index is -0.579. The van der Waals surface area contributed by atoms with Crippen LogP contribution in [0.15, 0.2) is 24.3 Å². The van der Waals surface area contributed by atoms with Crippen molar-refractivity contribution >= 4 is 34.9 Å². The zero-order valence-corrected chi connectivity index (χ0v) is 11.2. The number of hydrogen-bond acceptors (Lipinski definition) is 4. The van der Waals surface area contributed by atoms with Crippen LogP contribution in [0.4, 0.5) is 5.69 Å². The summed E-state index contributed by atoms with van der Waals surface area (Å²) in [4.78, 5) is 33.3. The van der Waals surface area contributed by atoms with Gasteiger partial charge in [-0.15, -0.1) is 0 Å². The van der Waals surface area contributed by atoms with Gasteiger partial charge in [0.05, 0.1) is 17.1 Å². The number of ether oxygens (including phenoxy) is 1. The standard InChI is InChI=1S/C13H14ClNO4/c1-9(16)6-7-13(18)19-8-12(17)15-11-5-3-2-4-10(11)14/h2-5H,6-8H2,1H3,(H,15,17). The molecule has 0 fully saturated rings. The Morgan fingerprint density at radius 3 is 2.53 bits per heavy atom. The summed E-state index contributed by atoms with van der Waals surface area (Å²) in [6, 6.07) is 6.73. The summed E-state index contributed by atoms with van der Waals surface area (Å²) in [6.07, 6.45) is 0.0969. The minimum Gasteiger partial charge on any atom is -0.456 e. The highest BCUT2D eigenvalue weighted by atomic mass is 35.5. The van der Waals surface area contributed by atoms with Crippen LogP contribution in [0, 0.1) is 0 Å². The van der Waals surface area contributed by atoms with Gasteiger partial charge in [-0.25, -0.2) is 0 Å². The Hall–Kier alpha value is -1.88. The third-order valence-corrected chi connectivity index (χ3v) is 2.52. The molecule has 0 aliphatic carbocycles. The van der Waals surface area contributed by atoms with Gasteiger partial charge in [0.15, 0.2) is 6.61 Å². The van der Waals surface area contributed by atoms with Crippen LogP contribution in [0.3, 0.4) is 0 Å². The highest BCUT2D eigenvalue weighted by Gasteiger charge is 2.09. The Morgan fingerprint density at radius 2 is 1.89 bits per heavy atom. The van der Waals surface area contributed by atoms with E-state index in [1.54, 1.807) is 24.3 Å². The van der Waals surface area contributed by atoms with E-state index in [4.69, 9.17) is 16.3 Å². The van der Waals surface area contributed by atoms with E-state index in [0.29, 0.717) is 10.7 Å². The highest BCUT2D eigenvalue weighted by molar-refractivity contribution is 6.33. The maximum Gasteiger partial charge on any atom is 0.306 e. The Morgan fingerprint density at radius 1 is 1.21 bits per heavy atom. The van der Waals surface area contributed by atoms with Crippen LogP contribution in [0.25, 0.3) is 0 Å². The molecule has 0 heterocycles. The van der Waals surface area contributed by atoms with Gasteiger partial charge in [0.1, 0.15) is 5.78 Å². The summed E-state index contributed by atoms with van der Waals surface area (Å²) < 4.78 is 4.72. The molecule has 6 heteroatoms. The van der Waals surface area contributed by atoms with Crippen molar-refractivity contribution in [3.05, 3.63) is 29.3 Å². The lowest BCUT2D eigenvalue weighted by atomic mass is 10.2. The number of halogens is 1. The van der Waals surface area contributed by atoms with Crippen LogP contribution >= 0.6 is 11.6 Å². The van der Waals surface area contributed by atoms with Gasteiger partial charge in [-0.05, 0) is 19.1 Å². The van der Waals surface area contributed by atoms with Gasteiger partial charge in [-0.1, -0.05) is 23.7 Å². The summed E-state index contributed by atoms with van der Waals surface area (Å²) in [6.45, 7) is 0.985. The van der Waals surface area contributed by atoms with Gasteiger partial charge in [-0.3, -0.25) is 9.59 Å². The van der Waals surface area contributed by atoms with E-state index >= 15 is 0 Å². The summed E-state index contributed by atoms with van der Waals surface area (Å²) >= 11 is 5.86. The summed E-state index contributed by atoms with van der Waals surface area (Å²) in [7, 11) is 0. The molecule has 0 bridgehead atoms. The first-order chi connectivity index (χ1) is 8.99. The van der Waals surface area contributed by atoms with E-state index in [2.05, 4.69) is 5.32 Å². The lowest BCUT2D eigenvalue weighted by Gasteiger charge is -2.07. The quantitative estimate of drug-likeness (QED) is 0.812. The van der Waals surface area contributed by atoms with Crippen LogP contribution in [0.5, 0.6) is 0 Å². The van der Waals surface area contributed by atoms with E-state index < -0.39 is 18.5 Å². The predicted molar refractivity (Wildman–Crippen MR) is 71.0 cm³/mol. The molecule has 102 valence electrons. The maximum atomic E-state index is 11.5. The van der Waals surface area contributed by atoms with Crippen molar-refractivity contribution in [1.29, 1.82) is 0 Å². The Bertz CT molecular complexity index is 487. The number of carbonyl (C=O) groups is 3. The SMILES string of the molecule is CC(=O)CCC(=O)OCC(=O)Nc1ccccc1Cl. The van der Waals surface area contributed by atoms with Gasteiger partial charge in [-0.2, -0.15) is 0 Å². The van der Waals surface area contributed by atoms with Gasteiger partial charge in [0, 0.05) is 6.42 Å². The van der Waals surface area contributed by atoms with Crippen molar-refractivity contribution in [2.45, 2.75) is 19.8 Å². The number of rotatable bonds is 6. The smallest absolute Gasteiger partial charge is 0.306 e. The Labute approximate surface area is 115 Å². The topological polar surface area (TPSA) is 72.5 Å². The second kappa shape index (κ2) is 7.53. The molecule has 0 radical (unpaired) electrons. The Balaban J connectivity index is 2.34. The Kier molecular flexibility index (Phi) is 6.02. The van der Waals surface area contributed by atoms with E-state index in [1.807, 2.05) is 0 Å². The number of benzene rings is 1. The number of para-hydroxylation sites is 1. The molecule has 0 spiro atoms. The molecule has 0 saturated carbocycles. The summed E-state index contributed by atoms with van der Waals surface area (Å²) in [5, 5.41) is 2.92. The van der Waals surface area contributed by atoms with Crippen molar-refractivity contribution in [2.75, 3.05) is 11.9 Å². The van der Waals surface area contributed by atoms with Crippen LogP contribution in [0.1, 0.15) is 19.8 Å². The number of anilines is 1. The van der Waals surface area contributed by atoms with Crippen molar-refractivity contribution < 1.29 is 19.1 Å². The van der Waals surface area contributed by atoms with E-state index in [9.17, 15) is 14.4 Å². The predicted octanol–water partition coefficient (Wildman–Crippen LogP) is 2.19. The zero-order valence-electron chi connectivity index (χ0n) is 10.4. The molecule has 1 N–H and O–H groups in total. The number of esters is 1. The van der Waals surface area contributed by atoms with Crippen molar-refractivity contribution in [1.82, 2.24) is 0 Å². The number of nitrogens with one attached hydrogen (secondary N) is 1. The fourth-order valence-electron chi connectivity index (χ4n) is 1.25. The fourth-order valence-corrected chi connectivity index (χ4v) is 1.43. The van der Waals surface area contributed by atoms with Crippen molar-refractivity contribution in [2.24, 2.45) is 0 Å². The maximum absolute atomic E-state index is 11.5. The fraction of sp³-hybridized carbons (Fsp3) is 0.308. The third kappa shape index (κ3) is 6.01. The zero-order chi connectivity index (χ0) is 14.3. The molecule has 0 unspecified atom stereocenters. The monoisotopic (exact) mass is 283 g/mol. The lowest BCUT2D eigenvalue weighted by molar-refractivity contribution is -0.148. The molecular weight excluding hydrogens is 270 g/mol. The second-order valence-electron chi connectivity index (χ2n) is 3.89. The molecule has 0 saturated heterocycles. The van der Waals surface area contributed by atoms with Crippen LogP contribution in [0.2, 0.25) is 5.02 Å². The summed E-state index contributed by atoms with van der Waals surface area (Å²) in [5.74, 6) is -1.16. The first kappa shape index (κ1) is 15.2. The largest absolute Gasteiger partial charge is 0.456 e.